The van der Waals surface area contributed by atoms with E-state index in [9.17, 15) is 4.79 Å². The van der Waals surface area contributed by atoms with E-state index in [1.807, 2.05) is 26.8 Å². The van der Waals surface area contributed by atoms with Gasteiger partial charge in [0.1, 0.15) is 11.6 Å². The number of H-pyrrole nitrogens is 1. The molecule has 0 atom stereocenters. The Hall–Kier alpha value is -2.10. The normalized spacial score (nSPS) is 10.7. The second-order valence-corrected chi connectivity index (χ2v) is 5.00. The Balaban J connectivity index is 2.80. The highest BCUT2D eigenvalue weighted by Crippen LogP contribution is 2.34. The maximum absolute atomic E-state index is 12.0. The molecule has 0 fully saturated rings. The SMILES string of the molecule is CCc1nc(-c2c(C)cc(C)cc2OC)c(C)c(=O)[nH]1. The lowest BCUT2D eigenvalue weighted by Gasteiger charge is -2.14. The number of hydrogen-bond acceptors (Lipinski definition) is 3. The first-order valence-corrected chi connectivity index (χ1v) is 6.73. The topological polar surface area (TPSA) is 55.0 Å². The third-order valence-electron chi connectivity index (χ3n) is 3.44. The van der Waals surface area contributed by atoms with E-state index in [1.54, 1.807) is 14.0 Å². The zero-order valence-electron chi connectivity index (χ0n) is 12.6. The van der Waals surface area contributed by atoms with Gasteiger partial charge in [0.25, 0.3) is 5.56 Å². The van der Waals surface area contributed by atoms with Crippen molar-refractivity contribution < 1.29 is 4.74 Å². The number of hydrogen-bond donors (Lipinski definition) is 1. The van der Waals surface area contributed by atoms with Crippen molar-refractivity contribution in [2.24, 2.45) is 0 Å². The molecular weight excluding hydrogens is 252 g/mol. The first-order chi connectivity index (χ1) is 9.47. The molecule has 20 heavy (non-hydrogen) atoms. The number of nitrogens with zero attached hydrogens (tertiary/aromatic N) is 1. The summed E-state index contributed by atoms with van der Waals surface area (Å²) in [7, 11) is 1.64. The lowest BCUT2D eigenvalue weighted by Crippen LogP contribution is -2.16. The van der Waals surface area contributed by atoms with Crippen molar-refractivity contribution in [3.05, 3.63) is 45.0 Å². The van der Waals surface area contributed by atoms with Crippen LogP contribution in [0.5, 0.6) is 5.75 Å². The molecule has 0 bridgehead atoms. The zero-order chi connectivity index (χ0) is 14.9. The van der Waals surface area contributed by atoms with Crippen LogP contribution in [0.1, 0.15) is 29.4 Å². The van der Waals surface area contributed by atoms with Crippen LogP contribution in [0.2, 0.25) is 0 Å². The molecule has 1 aromatic heterocycles. The average molecular weight is 272 g/mol. The standard InChI is InChI=1S/C16H20N2O2/c1-6-13-17-15(11(4)16(19)18-13)14-10(3)7-9(2)8-12(14)20-5/h7-8H,6H2,1-5H3,(H,17,18,19). The van der Waals surface area contributed by atoms with Crippen LogP contribution < -0.4 is 10.3 Å². The lowest BCUT2D eigenvalue weighted by molar-refractivity contribution is 0.415. The van der Waals surface area contributed by atoms with Gasteiger partial charge in [0.2, 0.25) is 0 Å². The molecule has 0 aliphatic carbocycles. The molecule has 0 spiro atoms. The maximum atomic E-state index is 12.0. The van der Waals surface area contributed by atoms with Crippen LogP contribution in [0.3, 0.4) is 0 Å². The van der Waals surface area contributed by atoms with Crippen LogP contribution in [-0.2, 0) is 6.42 Å². The molecule has 0 radical (unpaired) electrons. The summed E-state index contributed by atoms with van der Waals surface area (Å²) < 4.78 is 5.48. The van der Waals surface area contributed by atoms with Gasteiger partial charge in [-0.05, 0) is 38.0 Å². The van der Waals surface area contributed by atoms with Crippen LogP contribution in [-0.4, -0.2) is 17.1 Å². The van der Waals surface area contributed by atoms with Gasteiger partial charge in [0.15, 0.2) is 0 Å². The Kier molecular flexibility index (Phi) is 3.93. The van der Waals surface area contributed by atoms with E-state index in [0.717, 1.165) is 22.4 Å². The van der Waals surface area contributed by atoms with E-state index in [-0.39, 0.29) is 5.56 Å². The molecule has 106 valence electrons. The summed E-state index contributed by atoms with van der Waals surface area (Å²) in [4.78, 5) is 19.4. The smallest absolute Gasteiger partial charge is 0.254 e. The highest BCUT2D eigenvalue weighted by molar-refractivity contribution is 5.73. The summed E-state index contributed by atoms with van der Waals surface area (Å²) in [5, 5.41) is 0. The van der Waals surface area contributed by atoms with Crippen LogP contribution in [0.4, 0.5) is 0 Å². The van der Waals surface area contributed by atoms with Crippen LogP contribution in [0.15, 0.2) is 16.9 Å². The molecule has 4 nitrogen and oxygen atoms in total. The molecule has 4 heteroatoms. The van der Waals surface area contributed by atoms with Gasteiger partial charge in [0, 0.05) is 17.5 Å². The molecule has 0 unspecified atom stereocenters. The highest BCUT2D eigenvalue weighted by Gasteiger charge is 2.16. The van der Waals surface area contributed by atoms with Gasteiger partial charge >= 0.3 is 0 Å². The minimum atomic E-state index is -0.0890. The second-order valence-electron chi connectivity index (χ2n) is 5.00. The maximum Gasteiger partial charge on any atom is 0.254 e. The molecule has 0 saturated heterocycles. The van der Waals surface area contributed by atoms with E-state index >= 15 is 0 Å². The van der Waals surface area contributed by atoms with Crippen molar-refractivity contribution in [1.82, 2.24) is 9.97 Å². The predicted molar refractivity (Wildman–Crippen MR) is 80.4 cm³/mol. The number of benzene rings is 1. The Morgan fingerprint density at radius 1 is 1.25 bits per heavy atom. The number of rotatable bonds is 3. The van der Waals surface area contributed by atoms with Gasteiger partial charge in [-0.3, -0.25) is 4.79 Å². The van der Waals surface area contributed by atoms with Crippen LogP contribution in [0.25, 0.3) is 11.3 Å². The van der Waals surface area contributed by atoms with E-state index in [0.29, 0.717) is 23.5 Å². The molecule has 0 aliphatic heterocycles. The fraction of sp³-hybridized carbons (Fsp3) is 0.375. The Morgan fingerprint density at radius 2 is 1.95 bits per heavy atom. The Morgan fingerprint density at radius 3 is 2.55 bits per heavy atom. The first-order valence-electron chi connectivity index (χ1n) is 6.73. The molecular formula is C16H20N2O2. The van der Waals surface area contributed by atoms with Crippen molar-refractivity contribution in [2.75, 3.05) is 7.11 Å². The van der Waals surface area contributed by atoms with Crippen LogP contribution >= 0.6 is 0 Å². The molecule has 0 aliphatic rings. The molecule has 2 rings (SSSR count). The zero-order valence-corrected chi connectivity index (χ0v) is 12.6. The minimum Gasteiger partial charge on any atom is -0.496 e. The fourth-order valence-corrected chi connectivity index (χ4v) is 2.38. The van der Waals surface area contributed by atoms with Gasteiger partial charge in [-0.1, -0.05) is 13.0 Å². The summed E-state index contributed by atoms with van der Waals surface area (Å²) in [6.07, 6.45) is 0.690. The number of methoxy groups -OCH3 is 1. The van der Waals surface area contributed by atoms with Gasteiger partial charge in [-0.25, -0.2) is 4.98 Å². The van der Waals surface area contributed by atoms with Gasteiger partial charge in [0.05, 0.1) is 12.8 Å². The van der Waals surface area contributed by atoms with E-state index < -0.39 is 0 Å². The second kappa shape index (κ2) is 5.49. The predicted octanol–water partition coefficient (Wildman–Crippen LogP) is 2.93. The van der Waals surface area contributed by atoms with Crippen molar-refractivity contribution in [1.29, 1.82) is 0 Å². The Bertz CT molecular complexity index is 702. The Labute approximate surface area is 118 Å². The van der Waals surface area contributed by atoms with E-state index in [4.69, 9.17) is 4.74 Å². The fourth-order valence-electron chi connectivity index (χ4n) is 2.38. The van der Waals surface area contributed by atoms with Gasteiger partial charge < -0.3 is 9.72 Å². The van der Waals surface area contributed by atoms with Crippen LogP contribution in [0, 0.1) is 20.8 Å². The molecule has 0 saturated carbocycles. The average Bonchev–Trinajstić information content (AvgIpc) is 2.41. The van der Waals surface area contributed by atoms with Crippen molar-refractivity contribution in [2.45, 2.75) is 34.1 Å². The quantitative estimate of drug-likeness (QED) is 0.934. The lowest BCUT2D eigenvalue weighted by atomic mass is 9.99. The third-order valence-corrected chi connectivity index (χ3v) is 3.44. The molecule has 0 amide bonds. The molecule has 1 heterocycles. The van der Waals surface area contributed by atoms with E-state index in [1.165, 1.54) is 0 Å². The monoisotopic (exact) mass is 272 g/mol. The number of aromatic amines is 1. The van der Waals surface area contributed by atoms with Crippen molar-refractivity contribution in [3.8, 4) is 17.0 Å². The molecule has 1 N–H and O–H groups in total. The number of ether oxygens (including phenoxy) is 1. The molecule has 1 aromatic carbocycles. The van der Waals surface area contributed by atoms with Crippen molar-refractivity contribution in [3.63, 3.8) is 0 Å². The van der Waals surface area contributed by atoms with Crippen molar-refractivity contribution >= 4 is 0 Å². The summed E-state index contributed by atoms with van der Waals surface area (Å²) >= 11 is 0. The summed E-state index contributed by atoms with van der Waals surface area (Å²) in [6, 6.07) is 4.04. The number of aryl methyl sites for hydroxylation is 3. The summed E-state index contributed by atoms with van der Waals surface area (Å²) in [6.45, 7) is 7.80. The summed E-state index contributed by atoms with van der Waals surface area (Å²) in [5.74, 6) is 1.45. The first kappa shape index (κ1) is 14.3. The third kappa shape index (κ3) is 2.46. The largest absolute Gasteiger partial charge is 0.496 e. The molecule has 2 aromatic rings. The van der Waals surface area contributed by atoms with Gasteiger partial charge in [-0.2, -0.15) is 0 Å². The van der Waals surface area contributed by atoms with Gasteiger partial charge in [-0.15, -0.1) is 0 Å². The highest BCUT2D eigenvalue weighted by atomic mass is 16.5. The van der Waals surface area contributed by atoms with E-state index in [2.05, 4.69) is 16.0 Å². The summed E-state index contributed by atoms with van der Waals surface area (Å²) in [5.41, 5.74) is 4.32. The number of nitrogens with one attached hydrogen (secondary N) is 1. The minimum absolute atomic E-state index is 0.0890. The number of aromatic nitrogens is 2.